The summed E-state index contributed by atoms with van der Waals surface area (Å²) in [5.74, 6) is 2.03. The Labute approximate surface area is 171 Å². The minimum atomic E-state index is -0.430. The zero-order valence-electron chi connectivity index (χ0n) is 15.4. The van der Waals surface area contributed by atoms with Gasteiger partial charge < -0.3 is 18.9 Å². The predicted octanol–water partition coefficient (Wildman–Crippen LogP) is 5.24. The van der Waals surface area contributed by atoms with Gasteiger partial charge in [0.1, 0.15) is 11.5 Å². The summed E-state index contributed by atoms with van der Waals surface area (Å²) in [6, 6.07) is 20.1. The molecule has 0 bridgehead atoms. The van der Waals surface area contributed by atoms with Gasteiger partial charge in [0.05, 0.1) is 11.5 Å². The van der Waals surface area contributed by atoms with Crippen LogP contribution in [-0.4, -0.2) is 21.4 Å². The van der Waals surface area contributed by atoms with Gasteiger partial charge in [0, 0.05) is 5.69 Å². The molecule has 0 radical (unpaired) electrons. The van der Waals surface area contributed by atoms with Crippen molar-refractivity contribution in [2.45, 2.75) is 17.4 Å². The average Bonchev–Trinajstić information content (AvgIpc) is 3.42. The van der Waals surface area contributed by atoms with Gasteiger partial charge in [-0.2, -0.15) is 0 Å². The van der Waals surface area contributed by atoms with Crippen molar-refractivity contribution in [2.75, 3.05) is 5.32 Å². The molecule has 0 aliphatic heterocycles. The summed E-state index contributed by atoms with van der Waals surface area (Å²) in [5.41, 5.74) is 0.671. The summed E-state index contributed by atoms with van der Waals surface area (Å²) in [5, 5.41) is 10.6. The standard InChI is InChI=1S/C21H17N3O4S/c1-14(29-21-24-23-20(28-21)18-8-5-13-26-18)19(25)22-15-9-11-17(12-10-15)27-16-6-3-2-4-7-16/h2-14H,1H3,(H,22,25)/t14-/m1/s1. The van der Waals surface area contributed by atoms with Gasteiger partial charge in [0.25, 0.3) is 11.1 Å². The Morgan fingerprint density at radius 1 is 1.00 bits per heavy atom. The highest BCUT2D eigenvalue weighted by atomic mass is 32.2. The van der Waals surface area contributed by atoms with Crippen molar-refractivity contribution in [3.05, 3.63) is 73.0 Å². The molecule has 2 aromatic heterocycles. The smallest absolute Gasteiger partial charge is 0.284 e. The number of nitrogens with zero attached hydrogens (tertiary/aromatic N) is 2. The molecule has 4 aromatic rings. The number of benzene rings is 2. The number of carbonyl (C=O) groups is 1. The summed E-state index contributed by atoms with van der Waals surface area (Å²) < 4.78 is 16.5. The number of furan rings is 1. The maximum absolute atomic E-state index is 12.5. The van der Waals surface area contributed by atoms with E-state index < -0.39 is 5.25 Å². The van der Waals surface area contributed by atoms with E-state index in [9.17, 15) is 4.79 Å². The summed E-state index contributed by atoms with van der Waals surface area (Å²) in [6.45, 7) is 1.77. The van der Waals surface area contributed by atoms with Crippen molar-refractivity contribution < 1.29 is 18.4 Å². The van der Waals surface area contributed by atoms with Crippen LogP contribution in [0.3, 0.4) is 0 Å². The van der Waals surface area contributed by atoms with E-state index in [2.05, 4.69) is 15.5 Å². The Hall–Kier alpha value is -3.52. The molecule has 1 atom stereocenters. The highest BCUT2D eigenvalue weighted by Gasteiger charge is 2.19. The second-order valence-electron chi connectivity index (χ2n) is 6.04. The quantitative estimate of drug-likeness (QED) is 0.419. The second-order valence-corrected chi connectivity index (χ2v) is 7.33. The van der Waals surface area contributed by atoms with Crippen LogP contribution in [0.5, 0.6) is 11.5 Å². The van der Waals surface area contributed by atoms with Crippen LogP contribution in [0.1, 0.15) is 6.92 Å². The number of ether oxygens (including phenoxy) is 1. The highest BCUT2D eigenvalue weighted by Crippen LogP contribution is 2.27. The lowest BCUT2D eigenvalue weighted by Gasteiger charge is -2.11. The van der Waals surface area contributed by atoms with E-state index in [4.69, 9.17) is 13.6 Å². The number of thioether (sulfide) groups is 1. The number of hydrogen-bond acceptors (Lipinski definition) is 7. The fourth-order valence-electron chi connectivity index (χ4n) is 2.44. The van der Waals surface area contributed by atoms with Gasteiger partial charge >= 0.3 is 0 Å². The SMILES string of the molecule is C[C@@H](Sc1nnc(-c2ccco2)o1)C(=O)Nc1ccc(Oc2ccccc2)cc1. The second kappa shape index (κ2) is 8.66. The molecule has 146 valence electrons. The van der Waals surface area contributed by atoms with Crippen molar-refractivity contribution in [3.8, 4) is 23.1 Å². The molecule has 29 heavy (non-hydrogen) atoms. The molecular formula is C21H17N3O4S. The van der Waals surface area contributed by atoms with Crippen LogP contribution in [0, 0.1) is 0 Å². The van der Waals surface area contributed by atoms with Crippen molar-refractivity contribution >= 4 is 23.4 Å². The van der Waals surface area contributed by atoms with Gasteiger partial charge in [-0.3, -0.25) is 4.79 Å². The number of aromatic nitrogens is 2. The monoisotopic (exact) mass is 407 g/mol. The number of anilines is 1. The van der Waals surface area contributed by atoms with Gasteiger partial charge in [-0.1, -0.05) is 30.0 Å². The number of amides is 1. The van der Waals surface area contributed by atoms with E-state index in [1.165, 1.54) is 18.0 Å². The highest BCUT2D eigenvalue weighted by molar-refractivity contribution is 8.00. The number of rotatable bonds is 7. The third kappa shape index (κ3) is 4.85. The van der Waals surface area contributed by atoms with E-state index in [1.54, 1.807) is 43.3 Å². The summed E-state index contributed by atoms with van der Waals surface area (Å²) >= 11 is 1.18. The van der Waals surface area contributed by atoms with Gasteiger partial charge in [-0.15, -0.1) is 10.2 Å². The first-order valence-corrected chi connectivity index (χ1v) is 9.73. The lowest BCUT2D eigenvalue weighted by molar-refractivity contribution is -0.115. The molecule has 0 aliphatic rings. The molecule has 0 saturated carbocycles. The van der Waals surface area contributed by atoms with Crippen molar-refractivity contribution in [2.24, 2.45) is 0 Å². The third-order valence-electron chi connectivity index (χ3n) is 3.89. The fraction of sp³-hybridized carbons (Fsp3) is 0.0952. The number of hydrogen-bond donors (Lipinski definition) is 1. The molecule has 8 heteroatoms. The van der Waals surface area contributed by atoms with E-state index in [0.29, 0.717) is 22.4 Å². The summed E-state index contributed by atoms with van der Waals surface area (Å²) in [6.07, 6.45) is 1.53. The minimum absolute atomic E-state index is 0.176. The first-order valence-electron chi connectivity index (χ1n) is 8.85. The molecule has 1 amide bonds. The lowest BCUT2D eigenvalue weighted by atomic mass is 10.3. The maximum atomic E-state index is 12.5. The van der Waals surface area contributed by atoms with Crippen LogP contribution in [0.2, 0.25) is 0 Å². The molecule has 7 nitrogen and oxygen atoms in total. The molecule has 0 fully saturated rings. The van der Waals surface area contributed by atoms with E-state index in [0.717, 1.165) is 5.75 Å². The predicted molar refractivity (Wildman–Crippen MR) is 109 cm³/mol. The number of para-hydroxylation sites is 1. The first kappa shape index (κ1) is 18.8. The molecule has 0 saturated heterocycles. The van der Waals surface area contributed by atoms with Crippen molar-refractivity contribution in [3.63, 3.8) is 0 Å². The average molecular weight is 407 g/mol. The van der Waals surface area contributed by atoms with Crippen LogP contribution in [-0.2, 0) is 4.79 Å². The molecule has 2 aromatic carbocycles. The zero-order valence-corrected chi connectivity index (χ0v) is 16.3. The van der Waals surface area contributed by atoms with Crippen LogP contribution in [0.15, 0.2) is 87.1 Å². The molecular weight excluding hydrogens is 390 g/mol. The van der Waals surface area contributed by atoms with Crippen LogP contribution < -0.4 is 10.1 Å². The van der Waals surface area contributed by atoms with Crippen LogP contribution in [0.25, 0.3) is 11.7 Å². The Bertz CT molecular complexity index is 1060. The van der Waals surface area contributed by atoms with E-state index in [1.807, 2.05) is 30.3 Å². The molecule has 2 heterocycles. The summed E-state index contributed by atoms with van der Waals surface area (Å²) in [4.78, 5) is 12.5. The van der Waals surface area contributed by atoms with Crippen LogP contribution in [0.4, 0.5) is 5.69 Å². The zero-order chi connectivity index (χ0) is 20.1. The Kier molecular flexibility index (Phi) is 5.62. The number of carbonyl (C=O) groups excluding carboxylic acids is 1. The van der Waals surface area contributed by atoms with Gasteiger partial charge in [-0.05, 0) is 55.5 Å². The molecule has 0 unspecified atom stereocenters. The van der Waals surface area contributed by atoms with E-state index in [-0.39, 0.29) is 11.8 Å². The molecule has 1 N–H and O–H groups in total. The number of nitrogens with one attached hydrogen (secondary N) is 1. The molecule has 0 spiro atoms. The van der Waals surface area contributed by atoms with E-state index >= 15 is 0 Å². The lowest BCUT2D eigenvalue weighted by Crippen LogP contribution is -2.22. The minimum Gasteiger partial charge on any atom is -0.459 e. The van der Waals surface area contributed by atoms with Crippen molar-refractivity contribution in [1.29, 1.82) is 0 Å². The van der Waals surface area contributed by atoms with Gasteiger partial charge in [-0.25, -0.2) is 0 Å². The molecule has 4 rings (SSSR count). The normalized spacial score (nSPS) is 11.8. The first-order chi connectivity index (χ1) is 14.2. The maximum Gasteiger partial charge on any atom is 0.284 e. The molecule has 0 aliphatic carbocycles. The van der Waals surface area contributed by atoms with Gasteiger partial charge in [0.2, 0.25) is 5.91 Å². The van der Waals surface area contributed by atoms with Crippen molar-refractivity contribution in [1.82, 2.24) is 10.2 Å². The third-order valence-corrected chi connectivity index (χ3v) is 4.82. The topological polar surface area (TPSA) is 90.4 Å². The van der Waals surface area contributed by atoms with Crippen LogP contribution >= 0.6 is 11.8 Å². The Morgan fingerprint density at radius 2 is 1.76 bits per heavy atom. The van der Waals surface area contributed by atoms with Gasteiger partial charge in [0.15, 0.2) is 5.76 Å². The summed E-state index contributed by atoms with van der Waals surface area (Å²) in [7, 11) is 0. The Balaban J connectivity index is 1.32. The Morgan fingerprint density at radius 3 is 2.48 bits per heavy atom. The fourth-order valence-corrected chi connectivity index (χ4v) is 3.12. The largest absolute Gasteiger partial charge is 0.459 e.